The first-order chi connectivity index (χ1) is 16.4. The topological polar surface area (TPSA) is 73.8 Å². The predicted octanol–water partition coefficient (Wildman–Crippen LogP) is 5.04. The largest absolute Gasteiger partial charge is 0.466 e. The number of allylic oxidation sites excluding steroid dienone is 1. The van der Waals surface area contributed by atoms with E-state index in [2.05, 4.69) is 4.99 Å². The summed E-state index contributed by atoms with van der Waals surface area (Å²) < 4.78 is 12.9. The number of fused-ring (bicyclic) bond motifs is 1. The van der Waals surface area contributed by atoms with E-state index in [1.165, 1.54) is 29.8 Å². The van der Waals surface area contributed by atoms with Crippen LogP contribution in [0, 0.1) is 0 Å². The number of halogens is 2. The molecule has 0 amide bonds. The van der Waals surface area contributed by atoms with E-state index in [9.17, 15) is 9.59 Å². The summed E-state index contributed by atoms with van der Waals surface area (Å²) in [6.45, 7) is 1.75. The van der Waals surface area contributed by atoms with Crippen molar-refractivity contribution in [1.29, 1.82) is 0 Å². The van der Waals surface area contributed by atoms with Crippen LogP contribution < -0.4 is 14.9 Å². The minimum atomic E-state index is -0.608. The second-order valence-corrected chi connectivity index (χ2v) is 10.2. The zero-order chi connectivity index (χ0) is 24.0. The third kappa shape index (κ3) is 3.96. The van der Waals surface area contributed by atoms with E-state index in [1.807, 2.05) is 17.5 Å². The van der Waals surface area contributed by atoms with Crippen LogP contribution in [0.2, 0.25) is 10.0 Å². The number of carbonyl (C=O) groups excluding carboxylic acids is 1. The zero-order valence-electron chi connectivity index (χ0n) is 17.9. The van der Waals surface area contributed by atoms with Gasteiger partial charge in [0.2, 0.25) is 0 Å². The summed E-state index contributed by atoms with van der Waals surface area (Å²) in [5, 5.41) is 2.95. The van der Waals surface area contributed by atoms with E-state index in [-0.39, 0.29) is 5.56 Å². The van der Waals surface area contributed by atoms with Crippen molar-refractivity contribution in [2.24, 2.45) is 4.99 Å². The van der Waals surface area contributed by atoms with Crippen molar-refractivity contribution in [2.75, 3.05) is 7.11 Å². The molecule has 4 aromatic rings. The number of hydrogen-bond acceptors (Lipinski definition) is 7. The van der Waals surface area contributed by atoms with E-state index in [1.54, 1.807) is 47.9 Å². The van der Waals surface area contributed by atoms with Crippen LogP contribution in [-0.2, 0) is 9.53 Å². The van der Waals surface area contributed by atoms with Crippen LogP contribution in [0.15, 0.2) is 73.3 Å². The maximum absolute atomic E-state index is 13.5. The minimum absolute atomic E-state index is 0.269. The van der Waals surface area contributed by atoms with Gasteiger partial charge in [-0.05, 0) is 48.7 Å². The molecule has 3 aromatic heterocycles. The molecule has 34 heavy (non-hydrogen) atoms. The first-order valence-electron chi connectivity index (χ1n) is 10.1. The smallest absolute Gasteiger partial charge is 0.338 e. The highest BCUT2D eigenvalue weighted by molar-refractivity contribution is 7.10. The van der Waals surface area contributed by atoms with Crippen LogP contribution in [0.3, 0.4) is 0 Å². The Hall–Kier alpha value is -2.91. The van der Waals surface area contributed by atoms with Gasteiger partial charge in [0.25, 0.3) is 5.56 Å². The number of carbonyl (C=O) groups is 1. The fourth-order valence-electron chi connectivity index (χ4n) is 3.80. The second kappa shape index (κ2) is 9.03. The van der Waals surface area contributed by atoms with Crippen LogP contribution in [-0.4, -0.2) is 17.6 Å². The lowest BCUT2D eigenvalue weighted by Crippen LogP contribution is -2.39. The van der Waals surface area contributed by atoms with Gasteiger partial charge in [-0.15, -0.1) is 11.3 Å². The molecule has 1 aliphatic heterocycles. The number of esters is 1. The molecule has 0 aliphatic carbocycles. The lowest BCUT2D eigenvalue weighted by atomic mass is 10.0. The Bertz CT molecular complexity index is 1630. The molecule has 0 radical (unpaired) electrons. The molecule has 0 spiro atoms. The molecular weight excluding hydrogens is 515 g/mol. The fraction of sp³-hybridized carbons (Fsp3) is 0.125. The Kier molecular flexibility index (Phi) is 6.07. The van der Waals surface area contributed by atoms with Gasteiger partial charge >= 0.3 is 5.97 Å². The van der Waals surface area contributed by atoms with E-state index in [0.717, 1.165) is 4.88 Å². The van der Waals surface area contributed by atoms with Gasteiger partial charge in [0, 0.05) is 21.5 Å². The van der Waals surface area contributed by atoms with Gasteiger partial charge in [-0.3, -0.25) is 9.36 Å². The van der Waals surface area contributed by atoms with Gasteiger partial charge in [0.05, 0.1) is 27.9 Å². The maximum atomic E-state index is 13.5. The van der Waals surface area contributed by atoms with Crippen LogP contribution in [0.25, 0.3) is 17.4 Å². The summed E-state index contributed by atoms with van der Waals surface area (Å²) in [6.07, 6.45) is 1.66. The van der Waals surface area contributed by atoms with E-state index in [0.29, 0.717) is 47.7 Å². The number of thiazole rings is 1. The highest BCUT2D eigenvalue weighted by atomic mass is 35.5. The highest BCUT2D eigenvalue weighted by Gasteiger charge is 2.33. The molecule has 0 bridgehead atoms. The normalized spacial score (nSPS) is 15.9. The maximum Gasteiger partial charge on any atom is 0.338 e. The van der Waals surface area contributed by atoms with Crippen molar-refractivity contribution < 1.29 is 13.9 Å². The van der Waals surface area contributed by atoms with Gasteiger partial charge in [0.1, 0.15) is 17.6 Å². The zero-order valence-corrected chi connectivity index (χ0v) is 21.0. The van der Waals surface area contributed by atoms with Crippen LogP contribution in [0.5, 0.6) is 0 Å². The van der Waals surface area contributed by atoms with Crippen molar-refractivity contribution in [3.8, 4) is 11.3 Å². The monoisotopic (exact) mass is 530 g/mol. The molecule has 6 nitrogen and oxygen atoms in total. The predicted molar refractivity (Wildman–Crippen MR) is 134 cm³/mol. The Labute approximate surface area is 211 Å². The van der Waals surface area contributed by atoms with Gasteiger partial charge in [0.15, 0.2) is 4.80 Å². The molecular formula is C24H16Cl2N2O4S2. The molecule has 0 saturated heterocycles. The van der Waals surface area contributed by atoms with E-state index < -0.39 is 12.0 Å². The lowest BCUT2D eigenvalue weighted by molar-refractivity contribution is -0.136. The summed E-state index contributed by atoms with van der Waals surface area (Å²) in [7, 11) is 1.32. The Morgan fingerprint density at radius 3 is 2.79 bits per heavy atom. The van der Waals surface area contributed by atoms with Gasteiger partial charge in [-0.2, -0.15) is 0 Å². The van der Waals surface area contributed by atoms with Crippen LogP contribution >= 0.6 is 45.9 Å². The van der Waals surface area contributed by atoms with E-state index >= 15 is 0 Å². The number of hydrogen-bond donors (Lipinski definition) is 0. The molecule has 0 N–H and O–H groups in total. The van der Waals surface area contributed by atoms with Gasteiger partial charge in [-0.1, -0.05) is 40.6 Å². The van der Waals surface area contributed by atoms with Crippen molar-refractivity contribution in [3.05, 3.63) is 99.5 Å². The van der Waals surface area contributed by atoms with Crippen LogP contribution in [0.1, 0.15) is 23.6 Å². The molecule has 0 fully saturated rings. The Morgan fingerprint density at radius 1 is 1.24 bits per heavy atom. The number of rotatable bonds is 4. The minimum Gasteiger partial charge on any atom is -0.466 e. The molecule has 5 rings (SSSR count). The SMILES string of the molecule is COC(=O)C1=C(C)N=c2s/c(=C/c3ccc(-c4cc(Cl)ccc4Cl)o3)c(=O)n2[C@H]1c1cccs1. The molecule has 1 aliphatic rings. The molecule has 10 heteroatoms. The standard InChI is InChI=1S/C24H16Cl2N2O4S2/c1-12-20(23(30)31-2)21(18-4-3-9-33-18)28-22(29)19(34-24(28)27-12)11-14-6-8-17(32-14)15-10-13(25)5-7-16(15)26/h3-11,21H,1-2H3/b19-11+/t21-/m0/s1. The van der Waals surface area contributed by atoms with Crippen molar-refractivity contribution in [3.63, 3.8) is 0 Å². The first-order valence-corrected chi connectivity index (χ1v) is 12.5. The first kappa shape index (κ1) is 22.9. The average Bonchev–Trinajstić information content (AvgIpc) is 3.56. The number of furan rings is 1. The average molecular weight is 531 g/mol. The van der Waals surface area contributed by atoms with E-state index in [4.69, 9.17) is 32.4 Å². The van der Waals surface area contributed by atoms with Crippen LogP contribution in [0.4, 0.5) is 0 Å². The quantitative estimate of drug-likeness (QED) is 0.346. The molecule has 1 atom stereocenters. The number of aromatic nitrogens is 1. The fourth-order valence-corrected chi connectivity index (χ4v) is 6.03. The van der Waals surface area contributed by atoms with Crippen molar-refractivity contribution >= 4 is 57.9 Å². The summed E-state index contributed by atoms with van der Waals surface area (Å²) in [5.74, 6) is 0.503. The molecule has 4 heterocycles. The molecule has 0 saturated carbocycles. The van der Waals surface area contributed by atoms with Crippen molar-refractivity contribution in [1.82, 2.24) is 4.57 Å². The van der Waals surface area contributed by atoms with Gasteiger partial charge < -0.3 is 9.15 Å². The summed E-state index contributed by atoms with van der Waals surface area (Å²) in [5.41, 5.74) is 1.26. The summed E-state index contributed by atoms with van der Waals surface area (Å²) in [6, 6.07) is 11.8. The Morgan fingerprint density at radius 2 is 2.06 bits per heavy atom. The third-order valence-corrected chi connectivity index (χ3v) is 7.81. The van der Waals surface area contributed by atoms with Crippen molar-refractivity contribution in [2.45, 2.75) is 13.0 Å². The number of methoxy groups -OCH3 is 1. The van der Waals surface area contributed by atoms with Gasteiger partial charge in [-0.25, -0.2) is 9.79 Å². The summed E-state index contributed by atoms with van der Waals surface area (Å²) >= 11 is 15.1. The summed E-state index contributed by atoms with van der Waals surface area (Å²) in [4.78, 5) is 32.0. The number of nitrogens with zero attached hydrogens (tertiary/aromatic N) is 2. The number of ether oxygens (including phenoxy) is 1. The molecule has 172 valence electrons. The second-order valence-electron chi connectivity index (χ2n) is 7.41. The Balaban J connectivity index is 1.64. The lowest BCUT2D eigenvalue weighted by Gasteiger charge is -2.22. The third-order valence-electron chi connectivity index (χ3n) is 5.33. The molecule has 0 unspecified atom stereocenters. The number of thiophene rings is 1. The number of benzene rings is 1. The molecule has 1 aromatic carbocycles. The highest BCUT2D eigenvalue weighted by Crippen LogP contribution is 2.34.